The number of ether oxygens (including phenoxy) is 1. The summed E-state index contributed by atoms with van der Waals surface area (Å²) >= 11 is 5.69. The van der Waals surface area contributed by atoms with Gasteiger partial charge in [-0.25, -0.2) is 4.98 Å². The number of nitrogens with one attached hydrogen (secondary N) is 1. The Labute approximate surface area is 135 Å². The van der Waals surface area contributed by atoms with Crippen LogP contribution in [0.2, 0.25) is 5.15 Å². The lowest BCUT2D eigenvalue weighted by Gasteiger charge is -2.19. The van der Waals surface area contributed by atoms with Crippen LogP contribution in [0.4, 0.5) is 5.69 Å². The van der Waals surface area contributed by atoms with Crippen LogP contribution in [0.1, 0.15) is 26.3 Å². The van der Waals surface area contributed by atoms with E-state index < -0.39 is 0 Å². The van der Waals surface area contributed by atoms with E-state index in [1.165, 1.54) is 11.8 Å². The van der Waals surface area contributed by atoms with Crippen LogP contribution in [-0.2, 0) is 10.2 Å². The molecule has 0 saturated heterocycles. The molecule has 0 saturated carbocycles. The Hall–Kier alpha value is -2.07. The van der Waals surface area contributed by atoms with Gasteiger partial charge in [0.15, 0.2) is 6.61 Å². The summed E-state index contributed by atoms with van der Waals surface area (Å²) in [7, 11) is 0. The number of benzene rings is 1. The highest BCUT2D eigenvalue weighted by Crippen LogP contribution is 2.24. The van der Waals surface area contributed by atoms with Crippen molar-refractivity contribution in [2.75, 3.05) is 11.9 Å². The Morgan fingerprint density at radius 3 is 2.41 bits per heavy atom. The molecule has 0 atom stereocenters. The molecule has 2 aromatic rings. The number of anilines is 1. The van der Waals surface area contributed by atoms with Crippen molar-refractivity contribution in [1.29, 1.82) is 0 Å². The van der Waals surface area contributed by atoms with Crippen LogP contribution in [0, 0.1) is 0 Å². The number of amides is 1. The van der Waals surface area contributed by atoms with E-state index in [0.29, 0.717) is 16.6 Å². The lowest BCUT2D eigenvalue weighted by atomic mass is 9.87. The first-order valence-electron chi connectivity index (χ1n) is 6.99. The molecule has 1 aromatic heterocycles. The Morgan fingerprint density at radius 2 is 1.86 bits per heavy atom. The predicted octanol–water partition coefficient (Wildman–Crippen LogP) is 4.05. The predicted molar refractivity (Wildman–Crippen MR) is 88.5 cm³/mol. The van der Waals surface area contributed by atoms with Gasteiger partial charge < -0.3 is 10.1 Å². The summed E-state index contributed by atoms with van der Waals surface area (Å²) in [6, 6.07) is 11.1. The fraction of sp³-hybridized carbons (Fsp3) is 0.294. The normalized spacial score (nSPS) is 11.1. The minimum Gasteiger partial charge on any atom is -0.484 e. The zero-order valence-corrected chi connectivity index (χ0v) is 13.6. The average Bonchev–Trinajstić information content (AvgIpc) is 2.47. The first-order chi connectivity index (χ1) is 10.3. The molecule has 0 fully saturated rings. The van der Waals surface area contributed by atoms with Crippen molar-refractivity contribution in [1.82, 2.24) is 4.98 Å². The van der Waals surface area contributed by atoms with Crippen molar-refractivity contribution < 1.29 is 9.53 Å². The number of pyridine rings is 1. The third-order valence-electron chi connectivity index (χ3n) is 3.10. The van der Waals surface area contributed by atoms with E-state index in [1.54, 1.807) is 12.1 Å². The molecular formula is C17H19ClN2O2. The van der Waals surface area contributed by atoms with Gasteiger partial charge in [0.05, 0.1) is 11.9 Å². The first kappa shape index (κ1) is 16.3. The largest absolute Gasteiger partial charge is 0.484 e. The second-order valence-corrected chi connectivity index (χ2v) is 6.37. The van der Waals surface area contributed by atoms with Crippen LogP contribution in [-0.4, -0.2) is 17.5 Å². The molecule has 0 spiro atoms. The van der Waals surface area contributed by atoms with Crippen LogP contribution < -0.4 is 10.1 Å². The SMILES string of the molecule is CC(C)(C)c1ccc(OCC(=O)Nc2ccc(Cl)nc2)cc1. The first-order valence-corrected chi connectivity index (χ1v) is 7.37. The van der Waals surface area contributed by atoms with Gasteiger partial charge in [0.2, 0.25) is 0 Å². The third-order valence-corrected chi connectivity index (χ3v) is 3.32. The second kappa shape index (κ2) is 6.79. The highest BCUT2D eigenvalue weighted by Gasteiger charge is 2.13. The fourth-order valence-electron chi connectivity index (χ4n) is 1.85. The van der Waals surface area contributed by atoms with E-state index >= 15 is 0 Å². The second-order valence-electron chi connectivity index (χ2n) is 5.98. The topological polar surface area (TPSA) is 51.2 Å². The molecule has 1 amide bonds. The van der Waals surface area contributed by atoms with Gasteiger partial charge in [-0.05, 0) is 35.2 Å². The molecule has 0 aliphatic carbocycles. The van der Waals surface area contributed by atoms with Gasteiger partial charge in [0, 0.05) is 0 Å². The zero-order chi connectivity index (χ0) is 16.2. The van der Waals surface area contributed by atoms with Crippen LogP contribution in [0.15, 0.2) is 42.6 Å². The average molecular weight is 319 g/mol. The molecule has 22 heavy (non-hydrogen) atoms. The molecular weight excluding hydrogens is 300 g/mol. The molecule has 1 N–H and O–H groups in total. The minimum atomic E-state index is -0.246. The third kappa shape index (κ3) is 4.74. The Kier molecular flexibility index (Phi) is 5.03. The summed E-state index contributed by atoms with van der Waals surface area (Å²) in [6.45, 7) is 6.39. The zero-order valence-electron chi connectivity index (χ0n) is 12.9. The quantitative estimate of drug-likeness (QED) is 0.865. The summed E-state index contributed by atoms with van der Waals surface area (Å²) in [6.07, 6.45) is 1.50. The summed E-state index contributed by atoms with van der Waals surface area (Å²) in [5.41, 5.74) is 1.90. The van der Waals surface area contributed by atoms with Crippen LogP contribution in [0.3, 0.4) is 0 Å². The van der Waals surface area contributed by atoms with Crippen molar-refractivity contribution in [2.45, 2.75) is 26.2 Å². The number of carbonyl (C=O) groups excluding carboxylic acids is 1. The number of aromatic nitrogens is 1. The van der Waals surface area contributed by atoms with Gasteiger partial charge in [-0.2, -0.15) is 0 Å². The number of hydrogen-bond acceptors (Lipinski definition) is 3. The highest BCUT2D eigenvalue weighted by molar-refractivity contribution is 6.29. The molecule has 116 valence electrons. The molecule has 0 bridgehead atoms. The van der Waals surface area contributed by atoms with Gasteiger partial charge in [-0.15, -0.1) is 0 Å². The molecule has 2 rings (SSSR count). The maximum atomic E-state index is 11.8. The number of hydrogen-bond donors (Lipinski definition) is 1. The number of nitrogens with zero attached hydrogens (tertiary/aromatic N) is 1. The number of rotatable bonds is 4. The summed E-state index contributed by atoms with van der Waals surface area (Å²) in [4.78, 5) is 15.7. The maximum Gasteiger partial charge on any atom is 0.262 e. The van der Waals surface area contributed by atoms with E-state index in [1.807, 2.05) is 24.3 Å². The van der Waals surface area contributed by atoms with Gasteiger partial charge in [-0.1, -0.05) is 44.5 Å². The molecule has 4 nitrogen and oxygen atoms in total. The van der Waals surface area contributed by atoms with E-state index in [0.717, 1.165) is 0 Å². The Bertz CT molecular complexity index is 631. The van der Waals surface area contributed by atoms with E-state index in [9.17, 15) is 4.79 Å². The smallest absolute Gasteiger partial charge is 0.262 e. The minimum absolute atomic E-state index is 0.0580. The van der Waals surface area contributed by atoms with E-state index in [-0.39, 0.29) is 17.9 Å². The molecule has 0 radical (unpaired) electrons. The maximum absolute atomic E-state index is 11.8. The molecule has 0 aliphatic rings. The molecule has 1 heterocycles. The monoisotopic (exact) mass is 318 g/mol. The van der Waals surface area contributed by atoms with Crippen molar-refractivity contribution in [2.24, 2.45) is 0 Å². The van der Waals surface area contributed by atoms with E-state index in [2.05, 4.69) is 31.1 Å². The van der Waals surface area contributed by atoms with Gasteiger partial charge >= 0.3 is 0 Å². The summed E-state index contributed by atoms with van der Waals surface area (Å²) in [5, 5.41) is 3.07. The summed E-state index contributed by atoms with van der Waals surface area (Å²) in [5.74, 6) is 0.418. The van der Waals surface area contributed by atoms with E-state index in [4.69, 9.17) is 16.3 Å². The van der Waals surface area contributed by atoms with Crippen LogP contribution in [0.25, 0.3) is 0 Å². The molecule has 0 unspecified atom stereocenters. The van der Waals surface area contributed by atoms with Crippen molar-refractivity contribution in [3.05, 3.63) is 53.3 Å². The standard InChI is InChI=1S/C17H19ClN2O2/c1-17(2,3)12-4-7-14(8-5-12)22-11-16(21)20-13-6-9-15(18)19-10-13/h4-10H,11H2,1-3H3,(H,20,21). The molecule has 0 aliphatic heterocycles. The van der Waals surface area contributed by atoms with Crippen LogP contribution >= 0.6 is 11.6 Å². The van der Waals surface area contributed by atoms with Gasteiger partial charge in [0.25, 0.3) is 5.91 Å². The number of carbonyl (C=O) groups is 1. The van der Waals surface area contributed by atoms with Gasteiger partial charge in [-0.3, -0.25) is 4.79 Å². The van der Waals surface area contributed by atoms with Crippen molar-refractivity contribution in [3.8, 4) is 5.75 Å². The Balaban J connectivity index is 1.87. The Morgan fingerprint density at radius 1 is 1.18 bits per heavy atom. The van der Waals surface area contributed by atoms with Gasteiger partial charge in [0.1, 0.15) is 10.9 Å². The van der Waals surface area contributed by atoms with Crippen molar-refractivity contribution in [3.63, 3.8) is 0 Å². The lowest BCUT2D eigenvalue weighted by molar-refractivity contribution is -0.118. The molecule has 1 aromatic carbocycles. The molecule has 5 heteroatoms. The van der Waals surface area contributed by atoms with Crippen molar-refractivity contribution >= 4 is 23.2 Å². The highest BCUT2D eigenvalue weighted by atomic mass is 35.5. The summed E-state index contributed by atoms with van der Waals surface area (Å²) < 4.78 is 5.47. The van der Waals surface area contributed by atoms with Crippen LogP contribution in [0.5, 0.6) is 5.75 Å². The number of halogens is 1. The fourth-order valence-corrected chi connectivity index (χ4v) is 1.96. The lowest BCUT2D eigenvalue weighted by Crippen LogP contribution is -2.20.